The van der Waals surface area contributed by atoms with Gasteiger partial charge in [0.15, 0.2) is 11.5 Å². The average Bonchev–Trinajstić information content (AvgIpc) is 3.23. The van der Waals surface area contributed by atoms with Crippen LogP contribution in [0.25, 0.3) is 17.1 Å². The highest BCUT2D eigenvalue weighted by Crippen LogP contribution is 2.35. The van der Waals surface area contributed by atoms with Gasteiger partial charge in [0, 0.05) is 37.0 Å². The van der Waals surface area contributed by atoms with Crippen LogP contribution in [0.5, 0.6) is 17.4 Å². The van der Waals surface area contributed by atoms with E-state index in [4.69, 9.17) is 18.9 Å². The molecule has 3 aromatic rings. The lowest BCUT2D eigenvalue weighted by molar-refractivity contribution is 0.141. The molecule has 5 rings (SSSR count). The number of anilines is 1. The van der Waals surface area contributed by atoms with E-state index in [1.165, 1.54) is 0 Å². The van der Waals surface area contributed by atoms with Crippen LogP contribution < -0.4 is 24.4 Å². The zero-order valence-electron chi connectivity index (χ0n) is 18.2. The maximum Gasteiger partial charge on any atom is 0.414 e. The fourth-order valence-corrected chi connectivity index (χ4v) is 3.83. The van der Waals surface area contributed by atoms with E-state index in [-0.39, 0.29) is 12.2 Å². The van der Waals surface area contributed by atoms with Crippen LogP contribution in [0.1, 0.15) is 5.56 Å². The second-order valence-electron chi connectivity index (χ2n) is 7.63. The Labute approximate surface area is 190 Å². The number of ether oxygens (including phenoxy) is 4. The normalized spacial score (nSPS) is 17.5. The smallest absolute Gasteiger partial charge is 0.414 e. The van der Waals surface area contributed by atoms with Crippen LogP contribution in [0.2, 0.25) is 0 Å². The molecule has 0 spiro atoms. The Bertz CT molecular complexity index is 1200. The molecule has 170 valence electrons. The van der Waals surface area contributed by atoms with Gasteiger partial charge in [-0.05, 0) is 24.3 Å². The van der Waals surface area contributed by atoms with Crippen molar-refractivity contribution in [3.63, 3.8) is 0 Å². The van der Waals surface area contributed by atoms with Crippen LogP contribution in [0.4, 0.5) is 10.5 Å². The molecule has 1 atom stereocenters. The zero-order chi connectivity index (χ0) is 22.6. The van der Waals surface area contributed by atoms with Crippen LogP contribution in [-0.2, 0) is 4.74 Å². The Hall–Kier alpha value is -3.85. The fourth-order valence-electron chi connectivity index (χ4n) is 3.83. The predicted molar refractivity (Wildman–Crippen MR) is 123 cm³/mol. The molecule has 1 N–H and O–H groups in total. The molecule has 9 heteroatoms. The van der Waals surface area contributed by atoms with E-state index >= 15 is 0 Å². The van der Waals surface area contributed by atoms with Crippen molar-refractivity contribution in [2.75, 3.05) is 44.9 Å². The van der Waals surface area contributed by atoms with Gasteiger partial charge in [-0.25, -0.2) is 9.78 Å². The third kappa shape index (κ3) is 4.54. The van der Waals surface area contributed by atoms with Gasteiger partial charge in [-0.3, -0.25) is 9.88 Å². The summed E-state index contributed by atoms with van der Waals surface area (Å²) in [4.78, 5) is 22.8. The maximum absolute atomic E-state index is 12.4. The van der Waals surface area contributed by atoms with Crippen molar-refractivity contribution in [3.05, 3.63) is 54.2 Å². The third-order valence-corrected chi connectivity index (χ3v) is 5.44. The number of nitrogens with one attached hydrogen (secondary N) is 1. The Kier molecular flexibility index (Phi) is 5.95. The summed E-state index contributed by atoms with van der Waals surface area (Å²) in [6.45, 7) is 2.66. The van der Waals surface area contributed by atoms with Gasteiger partial charge in [-0.1, -0.05) is 12.2 Å². The lowest BCUT2D eigenvalue weighted by Gasteiger charge is -2.21. The minimum Gasteiger partial charge on any atom is -0.486 e. The topological polar surface area (TPSA) is 95.0 Å². The molecule has 0 bridgehead atoms. The highest BCUT2D eigenvalue weighted by atomic mass is 16.6. The Morgan fingerprint density at radius 2 is 2.06 bits per heavy atom. The first kappa shape index (κ1) is 21.0. The summed E-state index contributed by atoms with van der Waals surface area (Å²) in [6.07, 6.45) is 5.15. The van der Waals surface area contributed by atoms with E-state index in [0.717, 1.165) is 22.3 Å². The number of carbonyl (C=O) groups is 1. The van der Waals surface area contributed by atoms with Crippen molar-refractivity contribution in [1.29, 1.82) is 0 Å². The first-order chi connectivity index (χ1) is 16.2. The summed E-state index contributed by atoms with van der Waals surface area (Å²) < 4.78 is 21.9. The molecule has 0 aliphatic carbocycles. The number of hydrogen-bond acceptors (Lipinski definition) is 8. The molecule has 2 aliphatic rings. The first-order valence-corrected chi connectivity index (χ1v) is 10.8. The molecule has 0 saturated carbocycles. The van der Waals surface area contributed by atoms with Crippen LogP contribution in [-0.4, -0.2) is 62.1 Å². The number of fused-ring (bicyclic) bond motifs is 2. The minimum atomic E-state index is -0.364. The number of nitrogens with zero attached hydrogens (tertiary/aromatic N) is 3. The Morgan fingerprint density at radius 1 is 1.18 bits per heavy atom. The molecule has 9 nitrogen and oxygen atoms in total. The number of hydrogen-bond donors (Lipinski definition) is 1. The summed E-state index contributed by atoms with van der Waals surface area (Å²) in [5, 5.41) is 3.31. The SMILES string of the molecule is COc1ccc2nccc(C=CCNCC3CN(c4ccc5c(c4)OCCO5)C(=O)O3)c2n1. The molecule has 33 heavy (non-hydrogen) atoms. The maximum atomic E-state index is 12.4. The Morgan fingerprint density at radius 3 is 2.94 bits per heavy atom. The van der Waals surface area contributed by atoms with E-state index in [0.29, 0.717) is 50.2 Å². The molecule has 4 heterocycles. The number of amides is 1. The minimum absolute atomic E-state index is 0.244. The monoisotopic (exact) mass is 448 g/mol. The number of benzene rings is 1. The zero-order valence-corrected chi connectivity index (χ0v) is 18.2. The lowest BCUT2D eigenvalue weighted by atomic mass is 10.2. The molecule has 1 fully saturated rings. The second kappa shape index (κ2) is 9.33. The van der Waals surface area contributed by atoms with Gasteiger partial charge in [-0.15, -0.1) is 0 Å². The van der Waals surface area contributed by atoms with Gasteiger partial charge in [0.25, 0.3) is 0 Å². The number of cyclic esters (lactones) is 1. The van der Waals surface area contributed by atoms with Crippen molar-refractivity contribution in [3.8, 4) is 17.4 Å². The van der Waals surface area contributed by atoms with Crippen molar-refractivity contribution >= 4 is 28.9 Å². The molecule has 2 aliphatic heterocycles. The number of carbonyl (C=O) groups excluding carboxylic acids is 1. The highest BCUT2D eigenvalue weighted by molar-refractivity contribution is 5.90. The van der Waals surface area contributed by atoms with Crippen molar-refractivity contribution in [2.24, 2.45) is 0 Å². The van der Waals surface area contributed by atoms with Gasteiger partial charge in [-0.2, -0.15) is 0 Å². The summed E-state index contributed by atoms with van der Waals surface area (Å²) >= 11 is 0. The standard InChI is InChI=1S/C24H24N4O5/c1-30-22-7-5-19-23(27-22)16(8-10-26-19)3-2-9-25-14-18-15-28(24(29)33-18)17-4-6-20-21(13-17)32-12-11-31-20/h2-8,10,13,18,25H,9,11-12,14-15H2,1H3. The van der Waals surface area contributed by atoms with Crippen molar-refractivity contribution < 1.29 is 23.7 Å². The molecular formula is C24H24N4O5. The quantitative estimate of drug-likeness (QED) is 0.551. The second-order valence-corrected chi connectivity index (χ2v) is 7.63. The van der Waals surface area contributed by atoms with Gasteiger partial charge in [0.05, 0.1) is 30.4 Å². The third-order valence-electron chi connectivity index (χ3n) is 5.44. The molecular weight excluding hydrogens is 424 g/mol. The van der Waals surface area contributed by atoms with E-state index < -0.39 is 0 Å². The van der Waals surface area contributed by atoms with E-state index in [9.17, 15) is 4.79 Å². The van der Waals surface area contributed by atoms with E-state index in [2.05, 4.69) is 15.3 Å². The number of methoxy groups -OCH3 is 1. The van der Waals surface area contributed by atoms with Crippen LogP contribution in [0.3, 0.4) is 0 Å². The molecule has 1 saturated heterocycles. The molecule has 1 amide bonds. The van der Waals surface area contributed by atoms with Gasteiger partial charge in [0.2, 0.25) is 5.88 Å². The first-order valence-electron chi connectivity index (χ1n) is 10.8. The van der Waals surface area contributed by atoms with Gasteiger partial charge < -0.3 is 24.3 Å². The summed E-state index contributed by atoms with van der Waals surface area (Å²) in [7, 11) is 1.59. The van der Waals surface area contributed by atoms with E-state index in [1.54, 1.807) is 24.3 Å². The highest BCUT2D eigenvalue weighted by Gasteiger charge is 2.32. The predicted octanol–water partition coefficient (Wildman–Crippen LogP) is 3.04. The number of aromatic nitrogens is 2. The molecule has 2 aromatic heterocycles. The van der Waals surface area contributed by atoms with Crippen LogP contribution in [0.15, 0.2) is 48.7 Å². The number of rotatable bonds is 7. The lowest BCUT2D eigenvalue weighted by Crippen LogP contribution is -2.31. The largest absolute Gasteiger partial charge is 0.486 e. The van der Waals surface area contributed by atoms with Gasteiger partial charge >= 0.3 is 6.09 Å². The fraction of sp³-hybridized carbons (Fsp3) is 0.292. The summed E-state index contributed by atoms with van der Waals surface area (Å²) in [5.41, 5.74) is 3.29. The summed E-state index contributed by atoms with van der Waals surface area (Å²) in [6, 6.07) is 11.1. The van der Waals surface area contributed by atoms with Crippen LogP contribution >= 0.6 is 0 Å². The van der Waals surface area contributed by atoms with Crippen molar-refractivity contribution in [1.82, 2.24) is 15.3 Å². The van der Waals surface area contributed by atoms with Gasteiger partial charge in [0.1, 0.15) is 19.3 Å². The van der Waals surface area contributed by atoms with Crippen molar-refractivity contribution in [2.45, 2.75) is 6.10 Å². The Balaban J connectivity index is 1.16. The summed E-state index contributed by atoms with van der Waals surface area (Å²) in [5.74, 6) is 1.89. The molecule has 1 aromatic carbocycles. The van der Waals surface area contributed by atoms with Crippen LogP contribution in [0, 0.1) is 0 Å². The molecule has 0 radical (unpaired) electrons. The average molecular weight is 448 g/mol. The number of pyridine rings is 2. The van der Waals surface area contributed by atoms with E-state index in [1.807, 2.05) is 42.5 Å². The molecule has 1 unspecified atom stereocenters.